The van der Waals surface area contributed by atoms with Crippen LogP contribution < -0.4 is 11.1 Å². The van der Waals surface area contributed by atoms with Gasteiger partial charge in [0.1, 0.15) is 0 Å². The lowest BCUT2D eigenvalue weighted by atomic mass is 9.81. The second-order valence-electron chi connectivity index (χ2n) is 6.58. The van der Waals surface area contributed by atoms with Crippen LogP contribution in [0.5, 0.6) is 0 Å². The average molecular weight is 290 g/mol. The molecule has 0 radical (unpaired) electrons. The number of carbonyl (C=O) groups excluding carboxylic acids is 1. The maximum Gasteiger partial charge on any atom is 0.223 e. The van der Waals surface area contributed by atoms with Crippen molar-refractivity contribution in [3.05, 3.63) is 18.7 Å². The second-order valence-corrected chi connectivity index (χ2v) is 6.58. The summed E-state index contributed by atoms with van der Waals surface area (Å²) in [6.45, 7) is 0.764. The van der Waals surface area contributed by atoms with Crippen LogP contribution in [0.3, 0.4) is 0 Å². The van der Waals surface area contributed by atoms with E-state index in [4.69, 9.17) is 5.73 Å². The summed E-state index contributed by atoms with van der Waals surface area (Å²) in [5.41, 5.74) is 5.72. The fourth-order valence-electron chi connectivity index (χ4n) is 3.89. The molecule has 2 atom stereocenters. The molecule has 5 heteroatoms. The van der Waals surface area contributed by atoms with Gasteiger partial charge in [-0.15, -0.1) is 0 Å². The van der Waals surface area contributed by atoms with Gasteiger partial charge in [0, 0.05) is 24.4 Å². The number of nitrogens with one attached hydrogen (secondary N) is 1. The zero-order valence-electron chi connectivity index (χ0n) is 12.6. The van der Waals surface area contributed by atoms with Gasteiger partial charge in [-0.1, -0.05) is 0 Å². The molecule has 0 saturated heterocycles. The Labute approximate surface area is 126 Å². The van der Waals surface area contributed by atoms with Crippen molar-refractivity contribution in [1.82, 2.24) is 14.9 Å². The summed E-state index contributed by atoms with van der Waals surface area (Å²) in [6, 6.07) is 0.635. The van der Waals surface area contributed by atoms with Crippen LogP contribution in [0.15, 0.2) is 18.7 Å². The largest absolute Gasteiger partial charge is 0.351 e. The number of carbonyl (C=O) groups is 1. The number of rotatable bonds is 4. The molecular formula is C16H26N4O. The van der Waals surface area contributed by atoms with E-state index in [2.05, 4.69) is 14.9 Å². The predicted octanol–water partition coefficient (Wildman–Crippen LogP) is 1.86. The normalized spacial score (nSPS) is 33.0. The van der Waals surface area contributed by atoms with Crippen molar-refractivity contribution in [2.24, 2.45) is 17.6 Å². The van der Waals surface area contributed by atoms with Crippen LogP contribution in [-0.2, 0) is 4.79 Å². The van der Waals surface area contributed by atoms with E-state index in [1.807, 2.05) is 18.7 Å². The Kier molecular flexibility index (Phi) is 4.58. The Balaban J connectivity index is 1.55. The first-order valence-corrected chi connectivity index (χ1v) is 8.26. The number of hydrogen-bond acceptors (Lipinski definition) is 3. The first-order valence-electron chi connectivity index (χ1n) is 8.26. The second kappa shape index (κ2) is 6.60. The monoisotopic (exact) mass is 290 g/mol. The molecule has 0 aliphatic heterocycles. The van der Waals surface area contributed by atoms with Crippen molar-refractivity contribution in [1.29, 1.82) is 0 Å². The molecule has 2 fully saturated rings. The van der Waals surface area contributed by atoms with Gasteiger partial charge in [-0.3, -0.25) is 4.79 Å². The number of aromatic nitrogens is 2. The highest BCUT2D eigenvalue weighted by Gasteiger charge is 2.32. The third-order valence-corrected chi connectivity index (χ3v) is 5.27. The van der Waals surface area contributed by atoms with Crippen molar-refractivity contribution in [3.8, 4) is 0 Å². The van der Waals surface area contributed by atoms with Gasteiger partial charge < -0.3 is 15.6 Å². The number of nitrogens with two attached hydrogens (primary N) is 1. The third kappa shape index (κ3) is 3.28. The summed E-state index contributed by atoms with van der Waals surface area (Å²) >= 11 is 0. The topological polar surface area (TPSA) is 72.9 Å². The average Bonchev–Trinajstić information content (AvgIpc) is 3.18. The molecule has 5 nitrogen and oxygen atoms in total. The molecule has 0 aromatic carbocycles. The molecule has 116 valence electrons. The Morgan fingerprint density at radius 2 is 2.05 bits per heavy atom. The van der Waals surface area contributed by atoms with E-state index in [9.17, 15) is 4.79 Å². The van der Waals surface area contributed by atoms with Crippen molar-refractivity contribution < 1.29 is 4.79 Å². The van der Waals surface area contributed by atoms with E-state index >= 15 is 0 Å². The predicted molar refractivity (Wildman–Crippen MR) is 81.5 cm³/mol. The van der Waals surface area contributed by atoms with E-state index in [-0.39, 0.29) is 17.9 Å². The molecule has 3 rings (SSSR count). The van der Waals surface area contributed by atoms with Gasteiger partial charge in [0.05, 0.1) is 12.4 Å². The smallest absolute Gasteiger partial charge is 0.223 e. The molecule has 1 amide bonds. The van der Waals surface area contributed by atoms with Gasteiger partial charge in [-0.05, 0) is 57.4 Å². The fourth-order valence-corrected chi connectivity index (χ4v) is 3.89. The van der Waals surface area contributed by atoms with Crippen LogP contribution in [0.2, 0.25) is 0 Å². The Hall–Kier alpha value is -1.36. The van der Waals surface area contributed by atoms with Gasteiger partial charge in [0.2, 0.25) is 5.91 Å². The zero-order chi connectivity index (χ0) is 14.7. The van der Waals surface area contributed by atoms with Crippen LogP contribution in [0, 0.1) is 11.8 Å². The van der Waals surface area contributed by atoms with Crippen LogP contribution in [0.25, 0.3) is 0 Å². The zero-order valence-corrected chi connectivity index (χ0v) is 12.6. The summed E-state index contributed by atoms with van der Waals surface area (Å²) in [6.07, 6.45) is 13.2. The molecule has 21 heavy (non-hydrogen) atoms. The third-order valence-electron chi connectivity index (χ3n) is 5.27. The lowest BCUT2D eigenvalue weighted by Crippen LogP contribution is -2.42. The Morgan fingerprint density at radius 1 is 1.24 bits per heavy atom. The standard InChI is InChI=1S/C16H26N4O/c17-10-12-4-6-13(7-5-12)16(21)19-14-2-1-3-15(14)20-9-8-18-11-20/h8-9,11-15H,1-7,10,17H2,(H,19,21). The lowest BCUT2D eigenvalue weighted by Gasteiger charge is -2.29. The number of hydrogen-bond donors (Lipinski definition) is 2. The highest BCUT2D eigenvalue weighted by atomic mass is 16.2. The van der Waals surface area contributed by atoms with E-state index in [1.165, 1.54) is 6.42 Å². The molecule has 2 saturated carbocycles. The molecule has 1 aromatic rings. The summed E-state index contributed by atoms with van der Waals surface area (Å²) in [5, 5.41) is 3.30. The molecule has 0 bridgehead atoms. The molecule has 2 aliphatic rings. The minimum absolute atomic E-state index is 0.192. The Morgan fingerprint density at radius 3 is 2.71 bits per heavy atom. The van der Waals surface area contributed by atoms with Gasteiger partial charge in [0.25, 0.3) is 0 Å². The van der Waals surface area contributed by atoms with E-state index < -0.39 is 0 Å². The van der Waals surface area contributed by atoms with Crippen molar-refractivity contribution in [3.63, 3.8) is 0 Å². The first kappa shape index (κ1) is 14.6. The highest BCUT2D eigenvalue weighted by Crippen LogP contribution is 2.32. The summed E-state index contributed by atoms with van der Waals surface area (Å²) < 4.78 is 2.14. The molecule has 2 unspecified atom stereocenters. The van der Waals surface area contributed by atoms with Gasteiger partial charge in [0.15, 0.2) is 0 Å². The fraction of sp³-hybridized carbons (Fsp3) is 0.750. The van der Waals surface area contributed by atoms with E-state index in [1.54, 1.807) is 0 Å². The molecule has 3 N–H and O–H groups in total. The SMILES string of the molecule is NCC1CCC(C(=O)NC2CCCC2n2ccnc2)CC1. The van der Waals surface area contributed by atoms with Crippen LogP contribution >= 0.6 is 0 Å². The summed E-state index contributed by atoms with van der Waals surface area (Å²) in [4.78, 5) is 16.6. The maximum absolute atomic E-state index is 12.5. The van der Waals surface area contributed by atoms with E-state index in [0.717, 1.165) is 45.1 Å². The minimum Gasteiger partial charge on any atom is -0.351 e. The van der Waals surface area contributed by atoms with Crippen LogP contribution in [0.4, 0.5) is 0 Å². The van der Waals surface area contributed by atoms with Gasteiger partial charge in [-0.2, -0.15) is 0 Å². The maximum atomic E-state index is 12.5. The molecular weight excluding hydrogens is 264 g/mol. The van der Waals surface area contributed by atoms with Crippen LogP contribution in [0.1, 0.15) is 51.0 Å². The summed E-state index contributed by atoms with van der Waals surface area (Å²) in [5.74, 6) is 1.07. The quantitative estimate of drug-likeness (QED) is 0.889. The molecule has 2 aliphatic carbocycles. The number of amides is 1. The molecule has 1 heterocycles. The van der Waals surface area contributed by atoms with Crippen LogP contribution in [-0.4, -0.2) is 28.0 Å². The molecule has 1 aromatic heterocycles. The number of nitrogens with zero attached hydrogens (tertiary/aromatic N) is 2. The van der Waals surface area contributed by atoms with Crippen molar-refractivity contribution >= 4 is 5.91 Å². The van der Waals surface area contributed by atoms with Crippen molar-refractivity contribution in [2.75, 3.05) is 6.54 Å². The van der Waals surface area contributed by atoms with Crippen molar-refractivity contribution in [2.45, 2.75) is 57.0 Å². The highest BCUT2D eigenvalue weighted by molar-refractivity contribution is 5.79. The van der Waals surface area contributed by atoms with E-state index in [0.29, 0.717) is 12.0 Å². The summed E-state index contributed by atoms with van der Waals surface area (Å²) in [7, 11) is 0. The molecule has 0 spiro atoms. The lowest BCUT2D eigenvalue weighted by molar-refractivity contribution is -0.127. The minimum atomic E-state index is 0.192. The van der Waals surface area contributed by atoms with Gasteiger partial charge in [-0.25, -0.2) is 4.98 Å². The van der Waals surface area contributed by atoms with Gasteiger partial charge >= 0.3 is 0 Å². The first-order chi connectivity index (χ1) is 10.3. The Bertz CT molecular complexity index is 451. The number of imidazole rings is 1.